The first-order valence-electron chi connectivity index (χ1n) is 6.29. The van der Waals surface area contributed by atoms with Gasteiger partial charge in [0.1, 0.15) is 12.1 Å². The second-order valence-electron chi connectivity index (χ2n) is 4.69. The van der Waals surface area contributed by atoms with Crippen molar-refractivity contribution in [2.75, 3.05) is 17.3 Å². The zero-order chi connectivity index (χ0) is 12.5. The van der Waals surface area contributed by atoms with Crippen LogP contribution in [0.15, 0.2) is 12.4 Å². The molecule has 1 aliphatic rings. The molecule has 5 nitrogen and oxygen atoms in total. The number of halogens is 1. The lowest BCUT2D eigenvalue weighted by molar-refractivity contribution is 0.387. The van der Waals surface area contributed by atoms with Crippen LogP contribution < -0.4 is 4.90 Å². The van der Waals surface area contributed by atoms with Gasteiger partial charge in [-0.2, -0.15) is 14.6 Å². The first-order valence-corrected chi connectivity index (χ1v) is 6.83. The molecule has 2 heterocycles. The van der Waals surface area contributed by atoms with Crippen LogP contribution in [0.1, 0.15) is 25.0 Å². The van der Waals surface area contributed by atoms with Gasteiger partial charge in [0.2, 0.25) is 0 Å². The van der Waals surface area contributed by atoms with E-state index in [1.807, 2.05) is 6.92 Å². The third-order valence-corrected chi connectivity index (χ3v) is 3.67. The van der Waals surface area contributed by atoms with E-state index in [4.69, 9.17) is 11.6 Å². The maximum Gasteiger partial charge on any atom is 0.254 e. The molecule has 3 rings (SSSR count). The van der Waals surface area contributed by atoms with E-state index in [9.17, 15) is 0 Å². The lowest BCUT2D eigenvalue weighted by Gasteiger charge is -2.38. The van der Waals surface area contributed by atoms with E-state index < -0.39 is 0 Å². The number of anilines is 1. The van der Waals surface area contributed by atoms with Crippen molar-refractivity contribution in [2.45, 2.75) is 32.2 Å². The largest absolute Gasteiger partial charge is 0.352 e. The minimum absolute atomic E-state index is 0.581. The van der Waals surface area contributed by atoms with Gasteiger partial charge in [0.25, 0.3) is 5.78 Å². The lowest BCUT2D eigenvalue weighted by atomic mass is 9.91. The fraction of sp³-hybridized carbons (Fsp3) is 0.583. The molecular weight excluding hydrogens is 250 g/mol. The molecular formula is C12H16ClN5. The first kappa shape index (κ1) is 11.7. The average molecular weight is 266 g/mol. The van der Waals surface area contributed by atoms with Crippen molar-refractivity contribution in [3.8, 4) is 0 Å². The zero-order valence-electron chi connectivity index (χ0n) is 10.4. The SMILES string of the molecule is Cc1cc(N(CCCl)C2CCC2)n2ncnc2n1. The minimum Gasteiger partial charge on any atom is -0.352 e. The number of hydrogen-bond donors (Lipinski definition) is 0. The molecule has 0 bridgehead atoms. The summed E-state index contributed by atoms with van der Waals surface area (Å²) in [5.74, 6) is 2.33. The molecule has 1 fully saturated rings. The van der Waals surface area contributed by atoms with Crippen LogP contribution in [0.2, 0.25) is 0 Å². The van der Waals surface area contributed by atoms with Crippen molar-refractivity contribution in [3.05, 3.63) is 18.1 Å². The molecule has 0 aromatic carbocycles. The number of aryl methyl sites for hydroxylation is 1. The Kier molecular flexibility index (Phi) is 3.07. The van der Waals surface area contributed by atoms with E-state index in [0.29, 0.717) is 17.7 Å². The number of hydrogen-bond acceptors (Lipinski definition) is 4. The van der Waals surface area contributed by atoms with Gasteiger partial charge in [-0.25, -0.2) is 4.98 Å². The standard InChI is InChI=1S/C12H16ClN5/c1-9-7-11(18-12(16-9)14-8-15-18)17(6-5-13)10-3-2-4-10/h7-8,10H,2-6H2,1H3. The summed E-state index contributed by atoms with van der Waals surface area (Å²) < 4.78 is 1.80. The quantitative estimate of drug-likeness (QED) is 0.794. The maximum atomic E-state index is 5.93. The molecule has 18 heavy (non-hydrogen) atoms. The van der Waals surface area contributed by atoms with Crippen molar-refractivity contribution < 1.29 is 0 Å². The summed E-state index contributed by atoms with van der Waals surface area (Å²) in [5, 5.41) is 4.26. The van der Waals surface area contributed by atoms with Crippen LogP contribution in [-0.4, -0.2) is 38.0 Å². The second kappa shape index (κ2) is 4.72. The fourth-order valence-corrected chi connectivity index (χ4v) is 2.57. The average Bonchev–Trinajstić information content (AvgIpc) is 2.72. The smallest absolute Gasteiger partial charge is 0.254 e. The molecule has 0 radical (unpaired) electrons. The molecule has 0 atom stereocenters. The molecule has 96 valence electrons. The third-order valence-electron chi connectivity index (χ3n) is 3.50. The second-order valence-corrected chi connectivity index (χ2v) is 5.07. The molecule has 1 aliphatic carbocycles. The molecule has 2 aromatic rings. The normalized spacial score (nSPS) is 15.9. The van der Waals surface area contributed by atoms with E-state index in [-0.39, 0.29) is 0 Å². The van der Waals surface area contributed by atoms with E-state index in [2.05, 4.69) is 26.0 Å². The predicted molar refractivity (Wildman–Crippen MR) is 71.2 cm³/mol. The van der Waals surface area contributed by atoms with Crippen LogP contribution in [0.25, 0.3) is 5.78 Å². The van der Waals surface area contributed by atoms with Crippen LogP contribution in [0.4, 0.5) is 5.82 Å². The highest BCUT2D eigenvalue weighted by Crippen LogP contribution is 2.29. The molecule has 1 saturated carbocycles. The van der Waals surface area contributed by atoms with Gasteiger partial charge < -0.3 is 4.90 Å². The van der Waals surface area contributed by atoms with E-state index in [1.165, 1.54) is 19.3 Å². The van der Waals surface area contributed by atoms with Gasteiger partial charge in [-0.05, 0) is 26.2 Å². The Bertz CT molecular complexity index is 548. The Morgan fingerprint density at radius 1 is 1.50 bits per heavy atom. The van der Waals surface area contributed by atoms with Gasteiger partial charge in [0.15, 0.2) is 0 Å². The van der Waals surface area contributed by atoms with Gasteiger partial charge in [0, 0.05) is 30.2 Å². The van der Waals surface area contributed by atoms with Crippen LogP contribution >= 0.6 is 11.6 Å². The van der Waals surface area contributed by atoms with Gasteiger partial charge in [-0.3, -0.25) is 0 Å². The number of fused-ring (bicyclic) bond motifs is 1. The molecule has 0 N–H and O–H groups in total. The highest BCUT2D eigenvalue weighted by Gasteiger charge is 2.26. The van der Waals surface area contributed by atoms with Crippen molar-refractivity contribution in [2.24, 2.45) is 0 Å². The van der Waals surface area contributed by atoms with Crippen molar-refractivity contribution in [1.82, 2.24) is 19.6 Å². The van der Waals surface area contributed by atoms with Crippen LogP contribution in [0, 0.1) is 6.92 Å². The molecule has 0 saturated heterocycles. The minimum atomic E-state index is 0.581. The summed E-state index contributed by atoms with van der Waals surface area (Å²) in [6.45, 7) is 2.82. The van der Waals surface area contributed by atoms with Crippen LogP contribution in [-0.2, 0) is 0 Å². The Morgan fingerprint density at radius 2 is 2.33 bits per heavy atom. The highest BCUT2D eigenvalue weighted by atomic mass is 35.5. The van der Waals surface area contributed by atoms with Crippen molar-refractivity contribution in [1.29, 1.82) is 0 Å². The van der Waals surface area contributed by atoms with Gasteiger partial charge in [-0.15, -0.1) is 11.6 Å². The molecule has 0 amide bonds. The monoisotopic (exact) mass is 265 g/mol. The third kappa shape index (κ3) is 1.92. The molecule has 0 spiro atoms. The van der Waals surface area contributed by atoms with E-state index >= 15 is 0 Å². The van der Waals surface area contributed by atoms with E-state index in [0.717, 1.165) is 18.1 Å². The Hall–Kier alpha value is -1.36. The molecule has 6 heteroatoms. The highest BCUT2D eigenvalue weighted by molar-refractivity contribution is 6.18. The van der Waals surface area contributed by atoms with Crippen molar-refractivity contribution >= 4 is 23.2 Å². The first-order chi connectivity index (χ1) is 8.79. The summed E-state index contributed by atoms with van der Waals surface area (Å²) in [7, 11) is 0. The van der Waals surface area contributed by atoms with Gasteiger partial charge in [0.05, 0.1) is 0 Å². The number of rotatable bonds is 4. The van der Waals surface area contributed by atoms with Crippen LogP contribution in [0.5, 0.6) is 0 Å². The maximum absolute atomic E-state index is 5.93. The summed E-state index contributed by atoms with van der Waals surface area (Å²) in [5.41, 5.74) is 0.962. The summed E-state index contributed by atoms with van der Waals surface area (Å²) in [6, 6.07) is 2.64. The van der Waals surface area contributed by atoms with Crippen LogP contribution in [0.3, 0.4) is 0 Å². The topological polar surface area (TPSA) is 46.3 Å². The summed E-state index contributed by atoms with van der Waals surface area (Å²) >= 11 is 5.93. The number of nitrogens with zero attached hydrogens (tertiary/aromatic N) is 5. The Labute approximate surface area is 111 Å². The Balaban J connectivity index is 2.06. The number of alkyl halides is 1. The van der Waals surface area contributed by atoms with Crippen molar-refractivity contribution in [3.63, 3.8) is 0 Å². The summed E-state index contributed by atoms with van der Waals surface area (Å²) in [4.78, 5) is 10.9. The summed E-state index contributed by atoms with van der Waals surface area (Å²) in [6.07, 6.45) is 5.31. The predicted octanol–water partition coefficient (Wildman–Crippen LogP) is 2.03. The van der Waals surface area contributed by atoms with Gasteiger partial charge >= 0.3 is 0 Å². The Morgan fingerprint density at radius 3 is 3.00 bits per heavy atom. The number of aromatic nitrogens is 4. The van der Waals surface area contributed by atoms with E-state index in [1.54, 1.807) is 10.8 Å². The van der Waals surface area contributed by atoms with Gasteiger partial charge in [-0.1, -0.05) is 0 Å². The zero-order valence-corrected chi connectivity index (χ0v) is 11.1. The fourth-order valence-electron chi connectivity index (χ4n) is 2.39. The molecule has 0 unspecified atom stereocenters. The lowest BCUT2D eigenvalue weighted by Crippen LogP contribution is -2.42. The molecule has 0 aliphatic heterocycles. The molecule has 2 aromatic heterocycles.